The molecule has 0 aromatic heterocycles. The average Bonchev–Trinajstić information content (AvgIpc) is 2.46. The highest BCUT2D eigenvalue weighted by Crippen LogP contribution is 2.39. The number of nitrogens with one attached hydrogen (secondary N) is 1. The quantitative estimate of drug-likeness (QED) is 0.897. The van der Waals surface area contributed by atoms with Gasteiger partial charge in [-0.05, 0) is 43.4 Å². The molecule has 1 aliphatic rings. The summed E-state index contributed by atoms with van der Waals surface area (Å²) >= 11 is 0. The van der Waals surface area contributed by atoms with Crippen molar-refractivity contribution >= 4 is 5.69 Å². The molecule has 0 saturated heterocycles. The standard InChI is InChI=1S/C18H30N2O/c1-18(2)11-7-8-14(17(18)19-3)13-20(4)15-9-6-10-16(12-15)21-5/h6,9-10,12,14,17,19H,7-8,11,13H2,1-5H3. The third kappa shape index (κ3) is 3.70. The number of rotatable bonds is 5. The first-order valence-corrected chi connectivity index (χ1v) is 8.00. The summed E-state index contributed by atoms with van der Waals surface area (Å²) in [6, 6.07) is 8.91. The van der Waals surface area contributed by atoms with Gasteiger partial charge >= 0.3 is 0 Å². The highest BCUT2D eigenvalue weighted by Gasteiger charge is 2.38. The number of ether oxygens (including phenoxy) is 1. The van der Waals surface area contributed by atoms with E-state index in [0.717, 1.165) is 12.3 Å². The Labute approximate surface area is 129 Å². The van der Waals surface area contributed by atoms with E-state index >= 15 is 0 Å². The predicted octanol–water partition coefficient (Wildman–Crippen LogP) is 3.55. The van der Waals surface area contributed by atoms with Crippen molar-refractivity contribution in [3.05, 3.63) is 24.3 Å². The maximum absolute atomic E-state index is 5.33. The van der Waals surface area contributed by atoms with Crippen LogP contribution in [0.25, 0.3) is 0 Å². The van der Waals surface area contributed by atoms with Crippen LogP contribution in [0.1, 0.15) is 33.1 Å². The number of anilines is 1. The summed E-state index contributed by atoms with van der Waals surface area (Å²) < 4.78 is 5.33. The van der Waals surface area contributed by atoms with Crippen LogP contribution in [0, 0.1) is 11.3 Å². The van der Waals surface area contributed by atoms with Gasteiger partial charge in [0.25, 0.3) is 0 Å². The normalized spacial score (nSPS) is 24.6. The molecule has 1 saturated carbocycles. The highest BCUT2D eigenvalue weighted by molar-refractivity contribution is 5.50. The largest absolute Gasteiger partial charge is 0.497 e. The van der Waals surface area contributed by atoms with Crippen LogP contribution in [0.2, 0.25) is 0 Å². The number of benzene rings is 1. The van der Waals surface area contributed by atoms with Crippen LogP contribution in [-0.4, -0.2) is 33.8 Å². The molecule has 21 heavy (non-hydrogen) atoms. The van der Waals surface area contributed by atoms with Crippen LogP contribution in [-0.2, 0) is 0 Å². The molecule has 1 fully saturated rings. The molecule has 2 unspecified atom stereocenters. The Kier molecular flexibility index (Phi) is 5.15. The van der Waals surface area contributed by atoms with Gasteiger partial charge < -0.3 is 15.0 Å². The second-order valence-corrected chi connectivity index (χ2v) is 6.99. The average molecular weight is 290 g/mol. The Bertz CT molecular complexity index is 458. The molecule has 0 aliphatic heterocycles. The van der Waals surface area contributed by atoms with Gasteiger partial charge in [-0.3, -0.25) is 0 Å². The predicted molar refractivity (Wildman–Crippen MR) is 90.2 cm³/mol. The lowest BCUT2D eigenvalue weighted by atomic mass is 9.68. The lowest BCUT2D eigenvalue weighted by Gasteiger charge is -2.45. The van der Waals surface area contributed by atoms with Gasteiger partial charge in [0.1, 0.15) is 5.75 Å². The Hall–Kier alpha value is -1.22. The van der Waals surface area contributed by atoms with Crippen LogP contribution in [0.3, 0.4) is 0 Å². The van der Waals surface area contributed by atoms with E-state index < -0.39 is 0 Å². The van der Waals surface area contributed by atoms with E-state index in [9.17, 15) is 0 Å². The van der Waals surface area contributed by atoms with Crippen molar-refractivity contribution in [2.75, 3.05) is 32.6 Å². The summed E-state index contributed by atoms with van der Waals surface area (Å²) in [6.45, 7) is 5.87. The monoisotopic (exact) mass is 290 g/mol. The van der Waals surface area contributed by atoms with E-state index in [0.29, 0.717) is 17.4 Å². The molecular weight excluding hydrogens is 260 g/mol. The summed E-state index contributed by atoms with van der Waals surface area (Å²) in [4.78, 5) is 2.36. The fourth-order valence-corrected chi connectivity index (χ4v) is 3.91. The van der Waals surface area contributed by atoms with Crippen molar-refractivity contribution in [1.82, 2.24) is 5.32 Å². The number of nitrogens with zero attached hydrogens (tertiary/aromatic N) is 1. The van der Waals surface area contributed by atoms with Crippen molar-refractivity contribution in [1.29, 1.82) is 0 Å². The van der Waals surface area contributed by atoms with Crippen molar-refractivity contribution in [3.63, 3.8) is 0 Å². The first kappa shape index (κ1) is 16.2. The summed E-state index contributed by atoms with van der Waals surface area (Å²) in [6.07, 6.45) is 3.96. The lowest BCUT2D eigenvalue weighted by molar-refractivity contribution is 0.118. The zero-order chi connectivity index (χ0) is 15.5. The van der Waals surface area contributed by atoms with Crippen LogP contribution in [0.15, 0.2) is 24.3 Å². The molecular formula is C18H30N2O. The Morgan fingerprint density at radius 3 is 2.81 bits per heavy atom. The van der Waals surface area contributed by atoms with E-state index in [1.165, 1.54) is 24.9 Å². The molecule has 3 nitrogen and oxygen atoms in total. The summed E-state index contributed by atoms with van der Waals surface area (Å²) in [7, 11) is 6.01. The van der Waals surface area contributed by atoms with E-state index in [4.69, 9.17) is 4.74 Å². The second kappa shape index (κ2) is 6.69. The highest BCUT2D eigenvalue weighted by atomic mass is 16.5. The first-order chi connectivity index (χ1) is 9.97. The minimum Gasteiger partial charge on any atom is -0.497 e. The fraction of sp³-hybridized carbons (Fsp3) is 0.667. The SMILES string of the molecule is CNC1C(CN(C)c2cccc(OC)c2)CCCC1(C)C. The van der Waals surface area contributed by atoms with E-state index in [1.807, 2.05) is 6.07 Å². The van der Waals surface area contributed by atoms with Gasteiger partial charge in [-0.15, -0.1) is 0 Å². The fourth-order valence-electron chi connectivity index (χ4n) is 3.91. The maximum Gasteiger partial charge on any atom is 0.120 e. The topological polar surface area (TPSA) is 24.5 Å². The van der Waals surface area contributed by atoms with Gasteiger partial charge in [0, 0.05) is 31.4 Å². The smallest absolute Gasteiger partial charge is 0.120 e. The summed E-state index contributed by atoms with van der Waals surface area (Å²) in [5, 5.41) is 3.57. The molecule has 1 aromatic rings. The molecule has 1 aromatic carbocycles. The van der Waals surface area contributed by atoms with E-state index in [-0.39, 0.29) is 0 Å². The van der Waals surface area contributed by atoms with E-state index in [2.05, 4.69) is 56.4 Å². The molecule has 0 heterocycles. The maximum atomic E-state index is 5.33. The van der Waals surface area contributed by atoms with Gasteiger partial charge in [-0.2, -0.15) is 0 Å². The first-order valence-electron chi connectivity index (χ1n) is 8.00. The van der Waals surface area contributed by atoms with Gasteiger partial charge in [-0.1, -0.05) is 26.3 Å². The van der Waals surface area contributed by atoms with Crippen LogP contribution >= 0.6 is 0 Å². The van der Waals surface area contributed by atoms with Crippen LogP contribution < -0.4 is 15.0 Å². The summed E-state index contributed by atoms with van der Waals surface area (Å²) in [5.41, 5.74) is 1.61. The summed E-state index contributed by atoms with van der Waals surface area (Å²) in [5.74, 6) is 1.61. The third-order valence-electron chi connectivity index (χ3n) is 5.02. The van der Waals surface area contributed by atoms with Crippen LogP contribution in [0.5, 0.6) is 5.75 Å². The molecule has 2 atom stereocenters. The zero-order valence-electron chi connectivity index (χ0n) is 14.1. The molecule has 3 heteroatoms. The van der Waals surface area contributed by atoms with Gasteiger partial charge in [0.05, 0.1) is 7.11 Å². The Balaban J connectivity index is 2.08. The van der Waals surface area contributed by atoms with Crippen molar-refractivity contribution in [2.24, 2.45) is 11.3 Å². The number of methoxy groups -OCH3 is 1. The molecule has 118 valence electrons. The molecule has 1 aliphatic carbocycles. The Morgan fingerprint density at radius 2 is 2.14 bits per heavy atom. The van der Waals surface area contributed by atoms with Crippen molar-refractivity contribution < 1.29 is 4.74 Å². The Morgan fingerprint density at radius 1 is 1.38 bits per heavy atom. The van der Waals surface area contributed by atoms with Gasteiger partial charge in [0.2, 0.25) is 0 Å². The molecule has 2 rings (SSSR count). The molecule has 1 N–H and O–H groups in total. The van der Waals surface area contributed by atoms with Crippen molar-refractivity contribution in [3.8, 4) is 5.75 Å². The molecule has 0 amide bonds. The zero-order valence-corrected chi connectivity index (χ0v) is 14.1. The van der Waals surface area contributed by atoms with Gasteiger partial charge in [0.15, 0.2) is 0 Å². The molecule has 0 radical (unpaired) electrons. The molecule has 0 bridgehead atoms. The van der Waals surface area contributed by atoms with E-state index in [1.54, 1.807) is 7.11 Å². The minimum absolute atomic E-state index is 0.382. The minimum atomic E-state index is 0.382. The van der Waals surface area contributed by atoms with Crippen LogP contribution in [0.4, 0.5) is 5.69 Å². The van der Waals surface area contributed by atoms with Crippen molar-refractivity contribution in [2.45, 2.75) is 39.2 Å². The van der Waals surface area contributed by atoms with Gasteiger partial charge in [-0.25, -0.2) is 0 Å². The number of hydrogen-bond acceptors (Lipinski definition) is 3. The third-order valence-corrected chi connectivity index (χ3v) is 5.02. The molecule has 0 spiro atoms. The lowest BCUT2D eigenvalue weighted by Crippen LogP contribution is -2.51. The number of hydrogen-bond donors (Lipinski definition) is 1. The second-order valence-electron chi connectivity index (χ2n) is 6.99.